The Balaban J connectivity index is 1.92. The van der Waals surface area contributed by atoms with E-state index in [1.807, 2.05) is 6.08 Å². The van der Waals surface area contributed by atoms with Crippen molar-refractivity contribution in [2.75, 3.05) is 0 Å². The highest BCUT2D eigenvalue weighted by Gasteiger charge is 2.11. The summed E-state index contributed by atoms with van der Waals surface area (Å²) < 4.78 is 0. The number of rotatable bonds is 7. The fraction of sp³-hybridized carbons (Fsp3) is 0.786. The first-order valence-electron chi connectivity index (χ1n) is 6.66. The van der Waals surface area contributed by atoms with E-state index in [1.54, 1.807) is 0 Å². The molecule has 0 heterocycles. The second-order valence-corrected chi connectivity index (χ2v) is 4.84. The summed E-state index contributed by atoms with van der Waals surface area (Å²) in [7, 11) is 0. The minimum Gasteiger partial charge on any atom is -0.481 e. The zero-order chi connectivity index (χ0) is 11.6. The number of aliphatic carboxylic acids is 1. The third-order valence-electron chi connectivity index (χ3n) is 3.40. The molecule has 1 N–H and O–H groups in total. The quantitative estimate of drug-likeness (QED) is 0.521. The lowest BCUT2D eigenvalue weighted by Crippen LogP contribution is -2.05. The van der Waals surface area contributed by atoms with Gasteiger partial charge in [-0.05, 0) is 25.2 Å². The van der Waals surface area contributed by atoms with Crippen molar-refractivity contribution in [2.45, 2.75) is 64.2 Å². The predicted molar refractivity (Wildman–Crippen MR) is 66.4 cm³/mol. The fourth-order valence-corrected chi connectivity index (χ4v) is 2.44. The molecule has 92 valence electrons. The molecule has 1 rings (SSSR count). The van der Waals surface area contributed by atoms with Crippen molar-refractivity contribution in [1.29, 1.82) is 0 Å². The molecule has 0 unspecified atom stereocenters. The molecule has 0 aromatic heterocycles. The lowest BCUT2D eigenvalue weighted by atomic mass is 9.86. The van der Waals surface area contributed by atoms with Gasteiger partial charge in [-0.15, -0.1) is 0 Å². The first-order valence-corrected chi connectivity index (χ1v) is 6.66. The van der Waals surface area contributed by atoms with Crippen molar-refractivity contribution >= 4 is 5.97 Å². The molecule has 0 spiro atoms. The molecule has 0 bridgehead atoms. The minimum atomic E-state index is -0.702. The van der Waals surface area contributed by atoms with Gasteiger partial charge in [0, 0.05) is 6.42 Å². The molecule has 0 saturated heterocycles. The van der Waals surface area contributed by atoms with Gasteiger partial charge in [-0.25, -0.2) is 0 Å². The van der Waals surface area contributed by atoms with Crippen LogP contribution in [0.3, 0.4) is 0 Å². The maximum absolute atomic E-state index is 10.3. The Hall–Kier alpha value is -0.790. The number of carboxylic acid groups (broad SMARTS) is 1. The van der Waals surface area contributed by atoms with Crippen LogP contribution in [0.5, 0.6) is 0 Å². The van der Waals surface area contributed by atoms with Crippen molar-refractivity contribution in [1.82, 2.24) is 0 Å². The van der Waals surface area contributed by atoms with Gasteiger partial charge in [-0.2, -0.15) is 0 Å². The predicted octanol–water partition coefficient (Wildman–Crippen LogP) is 4.16. The Morgan fingerprint density at radius 3 is 2.50 bits per heavy atom. The van der Waals surface area contributed by atoms with E-state index in [-0.39, 0.29) is 6.42 Å². The molecule has 2 heteroatoms. The first kappa shape index (κ1) is 13.3. The third kappa shape index (κ3) is 6.65. The van der Waals surface area contributed by atoms with Crippen LogP contribution in [-0.4, -0.2) is 11.1 Å². The van der Waals surface area contributed by atoms with Crippen LogP contribution >= 0.6 is 0 Å². The van der Waals surface area contributed by atoms with E-state index in [0.29, 0.717) is 6.42 Å². The number of allylic oxidation sites excluding steroid dienone is 2. The fourth-order valence-electron chi connectivity index (χ4n) is 2.44. The molecule has 1 aliphatic rings. The van der Waals surface area contributed by atoms with Crippen LogP contribution in [0.1, 0.15) is 64.2 Å². The van der Waals surface area contributed by atoms with Crippen molar-refractivity contribution < 1.29 is 9.90 Å². The van der Waals surface area contributed by atoms with Gasteiger partial charge >= 0.3 is 5.97 Å². The van der Waals surface area contributed by atoms with E-state index in [4.69, 9.17) is 5.11 Å². The lowest BCUT2D eigenvalue weighted by Gasteiger charge is -2.20. The van der Waals surface area contributed by atoms with Crippen molar-refractivity contribution in [2.24, 2.45) is 5.92 Å². The molecule has 16 heavy (non-hydrogen) atoms. The smallest absolute Gasteiger partial charge is 0.303 e. The van der Waals surface area contributed by atoms with E-state index in [9.17, 15) is 4.79 Å². The van der Waals surface area contributed by atoms with Gasteiger partial charge in [0.25, 0.3) is 0 Å². The van der Waals surface area contributed by atoms with E-state index in [2.05, 4.69) is 6.08 Å². The number of hydrogen-bond acceptors (Lipinski definition) is 1. The average Bonchev–Trinajstić information content (AvgIpc) is 2.29. The van der Waals surface area contributed by atoms with Gasteiger partial charge in [0.15, 0.2) is 0 Å². The summed E-state index contributed by atoms with van der Waals surface area (Å²) >= 11 is 0. The Kier molecular flexibility index (Phi) is 6.95. The van der Waals surface area contributed by atoms with Crippen LogP contribution < -0.4 is 0 Å². The van der Waals surface area contributed by atoms with E-state index in [1.165, 1.54) is 44.9 Å². The highest BCUT2D eigenvalue weighted by atomic mass is 16.4. The minimum absolute atomic E-state index is 0.263. The summed E-state index contributed by atoms with van der Waals surface area (Å²) in [5.41, 5.74) is 0. The summed E-state index contributed by atoms with van der Waals surface area (Å²) in [6.45, 7) is 0. The lowest BCUT2D eigenvalue weighted by molar-refractivity contribution is -0.136. The molecule has 1 saturated carbocycles. The second-order valence-electron chi connectivity index (χ2n) is 4.84. The van der Waals surface area contributed by atoms with Gasteiger partial charge in [0.05, 0.1) is 0 Å². The molecule has 0 radical (unpaired) electrons. The van der Waals surface area contributed by atoms with Crippen LogP contribution in [-0.2, 0) is 4.79 Å². The molecule has 1 aliphatic carbocycles. The molecule has 0 aromatic carbocycles. The molecule has 0 aliphatic heterocycles. The third-order valence-corrected chi connectivity index (χ3v) is 3.40. The molecule has 2 nitrogen and oxygen atoms in total. The Morgan fingerprint density at radius 1 is 1.12 bits per heavy atom. The monoisotopic (exact) mass is 224 g/mol. The molecule has 1 fully saturated rings. The highest BCUT2D eigenvalue weighted by molar-refractivity contribution is 5.66. The number of unbranched alkanes of at least 4 members (excludes halogenated alkanes) is 1. The van der Waals surface area contributed by atoms with Crippen LogP contribution in [0, 0.1) is 5.92 Å². The van der Waals surface area contributed by atoms with Crippen molar-refractivity contribution in [3.63, 3.8) is 0 Å². The summed E-state index contributed by atoms with van der Waals surface area (Å²) in [4.78, 5) is 10.3. The summed E-state index contributed by atoms with van der Waals surface area (Å²) in [5, 5.41) is 8.45. The maximum atomic E-state index is 10.3. The van der Waals surface area contributed by atoms with Gasteiger partial charge in [0.2, 0.25) is 0 Å². The topological polar surface area (TPSA) is 37.3 Å². The number of carbonyl (C=O) groups is 1. The van der Waals surface area contributed by atoms with Gasteiger partial charge in [-0.3, -0.25) is 4.79 Å². The molecule has 0 aromatic rings. The van der Waals surface area contributed by atoms with Crippen LogP contribution in [0.2, 0.25) is 0 Å². The molecular formula is C14H24O2. The zero-order valence-electron chi connectivity index (χ0n) is 10.2. The Bertz CT molecular complexity index is 215. The standard InChI is InChI=1S/C14H24O2/c15-14(16)12-8-3-1-2-5-9-13-10-6-4-7-11-13/h1,3,13H,2,4-12H2,(H,15,16). The summed E-state index contributed by atoms with van der Waals surface area (Å²) in [6, 6.07) is 0. The van der Waals surface area contributed by atoms with Crippen molar-refractivity contribution in [3.8, 4) is 0 Å². The van der Waals surface area contributed by atoms with Crippen molar-refractivity contribution in [3.05, 3.63) is 12.2 Å². The van der Waals surface area contributed by atoms with Crippen LogP contribution in [0.15, 0.2) is 12.2 Å². The number of hydrogen-bond donors (Lipinski definition) is 1. The second kappa shape index (κ2) is 8.37. The van der Waals surface area contributed by atoms with E-state index < -0.39 is 5.97 Å². The zero-order valence-corrected chi connectivity index (χ0v) is 10.2. The maximum Gasteiger partial charge on any atom is 0.303 e. The molecular weight excluding hydrogens is 200 g/mol. The Labute approximate surface area is 98.7 Å². The Morgan fingerprint density at radius 2 is 1.81 bits per heavy atom. The van der Waals surface area contributed by atoms with Gasteiger partial charge in [0.1, 0.15) is 0 Å². The average molecular weight is 224 g/mol. The van der Waals surface area contributed by atoms with Crippen LogP contribution in [0.4, 0.5) is 0 Å². The summed E-state index contributed by atoms with van der Waals surface area (Å²) in [5.74, 6) is 0.271. The SMILES string of the molecule is O=C(O)CCC=CCCCC1CCCCC1. The normalized spacial score (nSPS) is 18.0. The largest absolute Gasteiger partial charge is 0.481 e. The highest BCUT2D eigenvalue weighted by Crippen LogP contribution is 2.27. The summed E-state index contributed by atoms with van der Waals surface area (Å²) in [6.07, 6.45) is 16.0. The van der Waals surface area contributed by atoms with E-state index >= 15 is 0 Å². The molecule has 0 amide bonds. The van der Waals surface area contributed by atoms with E-state index in [0.717, 1.165) is 12.3 Å². The van der Waals surface area contributed by atoms with Crippen LogP contribution in [0.25, 0.3) is 0 Å². The van der Waals surface area contributed by atoms with Gasteiger partial charge < -0.3 is 5.11 Å². The first-order chi connectivity index (χ1) is 7.79. The number of carboxylic acids is 1. The van der Waals surface area contributed by atoms with Gasteiger partial charge in [-0.1, -0.05) is 50.7 Å². The molecule has 0 atom stereocenters.